The third-order valence-electron chi connectivity index (χ3n) is 2.77. The third kappa shape index (κ3) is 2.96. The number of carbonyl (C=O) groups is 1. The molecule has 2 aromatic rings. The summed E-state index contributed by atoms with van der Waals surface area (Å²) in [4.78, 5) is 13.8. The summed E-state index contributed by atoms with van der Waals surface area (Å²) in [6, 6.07) is 6.34. The molecule has 100 valence electrons. The molecule has 0 unspecified atom stereocenters. The Balaban J connectivity index is 2.23. The molecule has 0 spiro atoms. The van der Waals surface area contributed by atoms with Gasteiger partial charge in [0, 0.05) is 4.88 Å². The molecule has 0 bridgehead atoms. The number of amides is 1. The van der Waals surface area contributed by atoms with Crippen LogP contribution in [0.3, 0.4) is 0 Å². The molecule has 0 radical (unpaired) electrons. The quantitative estimate of drug-likeness (QED) is 0.877. The lowest BCUT2D eigenvalue weighted by molar-refractivity contribution is 0.103. The zero-order valence-corrected chi connectivity index (χ0v) is 12.2. The summed E-state index contributed by atoms with van der Waals surface area (Å²) in [5.74, 6) is -0.921. The van der Waals surface area contributed by atoms with Gasteiger partial charge in [-0.3, -0.25) is 4.79 Å². The van der Waals surface area contributed by atoms with E-state index in [0.717, 1.165) is 16.9 Å². The predicted molar refractivity (Wildman–Crippen MR) is 77.8 cm³/mol. The first-order valence-electron chi connectivity index (χ1n) is 5.87. The Hall–Kier alpha value is -1.39. The van der Waals surface area contributed by atoms with Crippen LogP contribution in [0.5, 0.6) is 0 Å². The highest BCUT2D eigenvalue weighted by molar-refractivity contribution is 7.14. The SMILES string of the molecule is CCc1sc(C(=O)Nc2cccc(Cl)c2F)cc1C. The van der Waals surface area contributed by atoms with Gasteiger partial charge in [-0.25, -0.2) is 4.39 Å². The Morgan fingerprint density at radius 2 is 2.21 bits per heavy atom. The van der Waals surface area contributed by atoms with E-state index in [0.29, 0.717) is 4.88 Å². The summed E-state index contributed by atoms with van der Waals surface area (Å²) in [6.45, 7) is 4.00. The molecule has 0 aliphatic carbocycles. The maximum Gasteiger partial charge on any atom is 0.265 e. The lowest BCUT2D eigenvalue weighted by Gasteiger charge is -2.05. The van der Waals surface area contributed by atoms with Crippen LogP contribution in [0.25, 0.3) is 0 Å². The van der Waals surface area contributed by atoms with Gasteiger partial charge < -0.3 is 5.32 Å². The van der Waals surface area contributed by atoms with Crippen LogP contribution < -0.4 is 5.32 Å². The van der Waals surface area contributed by atoms with Gasteiger partial charge in [-0.05, 0) is 37.1 Å². The monoisotopic (exact) mass is 297 g/mol. The number of rotatable bonds is 3. The van der Waals surface area contributed by atoms with Crippen LogP contribution in [0.15, 0.2) is 24.3 Å². The second kappa shape index (κ2) is 5.72. The zero-order valence-electron chi connectivity index (χ0n) is 10.6. The fourth-order valence-electron chi connectivity index (χ4n) is 1.77. The molecule has 0 saturated heterocycles. The van der Waals surface area contributed by atoms with Crippen LogP contribution in [-0.4, -0.2) is 5.91 Å². The highest BCUT2D eigenvalue weighted by atomic mass is 35.5. The molecule has 1 aromatic heterocycles. The Labute approximate surface area is 120 Å². The first-order chi connectivity index (χ1) is 9.02. The average molecular weight is 298 g/mol. The van der Waals surface area contributed by atoms with Crippen LogP contribution in [0, 0.1) is 12.7 Å². The molecule has 2 nitrogen and oxygen atoms in total. The lowest BCUT2D eigenvalue weighted by atomic mass is 10.2. The fraction of sp³-hybridized carbons (Fsp3) is 0.214. The predicted octanol–water partition coefficient (Wildman–Crippen LogP) is 4.66. The molecule has 1 N–H and O–H groups in total. The van der Waals surface area contributed by atoms with E-state index in [1.165, 1.54) is 23.5 Å². The molecule has 0 fully saturated rings. The number of nitrogens with one attached hydrogen (secondary N) is 1. The van der Waals surface area contributed by atoms with Crippen molar-refractivity contribution in [2.24, 2.45) is 0 Å². The van der Waals surface area contributed by atoms with Gasteiger partial charge in [0.25, 0.3) is 5.91 Å². The van der Waals surface area contributed by atoms with Gasteiger partial charge in [-0.2, -0.15) is 0 Å². The number of benzene rings is 1. The minimum atomic E-state index is -0.610. The molecule has 5 heteroatoms. The van der Waals surface area contributed by atoms with Crippen LogP contribution in [-0.2, 0) is 6.42 Å². The highest BCUT2D eigenvalue weighted by Crippen LogP contribution is 2.25. The minimum Gasteiger partial charge on any atom is -0.319 e. The van der Waals surface area contributed by atoms with Gasteiger partial charge in [-0.15, -0.1) is 11.3 Å². The van der Waals surface area contributed by atoms with Crippen molar-refractivity contribution in [3.05, 3.63) is 50.4 Å². The van der Waals surface area contributed by atoms with Gasteiger partial charge in [0.05, 0.1) is 15.6 Å². The average Bonchev–Trinajstić information content (AvgIpc) is 2.76. The number of halogens is 2. The highest BCUT2D eigenvalue weighted by Gasteiger charge is 2.14. The van der Waals surface area contributed by atoms with E-state index in [4.69, 9.17) is 11.6 Å². The van der Waals surface area contributed by atoms with Gasteiger partial charge in [0.15, 0.2) is 5.82 Å². The third-order valence-corrected chi connectivity index (χ3v) is 4.44. The molecule has 2 rings (SSSR count). The van der Waals surface area contributed by atoms with Crippen molar-refractivity contribution < 1.29 is 9.18 Å². The molecule has 0 aliphatic rings. The summed E-state index contributed by atoms with van der Waals surface area (Å²) >= 11 is 7.10. The van der Waals surface area contributed by atoms with Crippen molar-refractivity contribution in [2.75, 3.05) is 5.32 Å². The first kappa shape index (κ1) is 14.0. The molecular weight excluding hydrogens is 285 g/mol. The number of anilines is 1. The number of hydrogen-bond donors (Lipinski definition) is 1. The number of hydrogen-bond acceptors (Lipinski definition) is 2. The smallest absolute Gasteiger partial charge is 0.265 e. The van der Waals surface area contributed by atoms with Crippen molar-refractivity contribution in [3.8, 4) is 0 Å². The van der Waals surface area contributed by atoms with Gasteiger partial charge in [-0.1, -0.05) is 24.6 Å². The van der Waals surface area contributed by atoms with Crippen molar-refractivity contribution in [2.45, 2.75) is 20.3 Å². The minimum absolute atomic E-state index is 0.00518. The summed E-state index contributed by atoms with van der Waals surface area (Å²) in [6.07, 6.45) is 0.884. The molecular formula is C14H13ClFNOS. The number of carbonyl (C=O) groups excluding carboxylic acids is 1. The Bertz CT molecular complexity index is 624. The summed E-state index contributed by atoms with van der Waals surface area (Å²) < 4.78 is 13.7. The summed E-state index contributed by atoms with van der Waals surface area (Å²) in [5, 5.41) is 2.54. The molecule has 0 atom stereocenters. The van der Waals surface area contributed by atoms with E-state index in [9.17, 15) is 9.18 Å². The summed E-state index contributed by atoms with van der Waals surface area (Å²) in [7, 11) is 0. The normalized spacial score (nSPS) is 10.5. The van der Waals surface area contributed by atoms with E-state index in [-0.39, 0.29) is 16.6 Å². The molecule has 19 heavy (non-hydrogen) atoms. The van der Waals surface area contributed by atoms with Crippen LogP contribution >= 0.6 is 22.9 Å². The van der Waals surface area contributed by atoms with E-state index in [1.54, 1.807) is 6.07 Å². The first-order valence-corrected chi connectivity index (χ1v) is 7.07. The van der Waals surface area contributed by atoms with E-state index >= 15 is 0 Å². The largest absolute Gasteiger partial charge is 0.319 e. The molecule has 1 aromatic carbocycles. The van der Waals surface area contributed by atoms with Crippen molar-refractivity contribution in [1.82, 2.24) is 0 Å². The molecule has 0 saturated carbocycles. The van der Waals surface area contributed by atoms with Crippen molar-refractivity contribution in [1.29, 1.82) is 0 Å². The Morgan fingerprint density at radius 1 is 1.47 bits per heavy atom. The van der Waals surface area contributed by atoms with Crippen LogP contribution in [0.4, 0.5) is 10.1 Å². The number of thiophene rings is 1. The second-order valence-electron chi connectivity index (χ2n) is 4.13. The van der Waals surface area contributed by atoms with E-state index < -0.39 is 5.82 Å². The maximum absolute atomic E-state index is 13.7. The standard InChI is InChI=1S/C14H13ClFNOS/c1-3-11-8(2)7-12(19-11)14(18)17-10-6-4-5-9(15)13(10)16/h4-7H,3H2,1-2H3,(H,17,18). The molecule has 1 heterocycles. The van der Waals surface area contributed by atoms with Crippen molar-refractivity contribution in [3.63, 3.8) is 0 Å². The van der Waals surface area contributed by atoms with Gasteiger partial charge in [0.1, 0.15) is 0 Å². The van der Waals surface area contributed by atoms with Gasteiger partial charge >= 0.3 is 0 Å². The Kier molecular flexibility index (Phi) is 4.22. The molecule has 1 amide bonds. The fourth-order valence-corrected chi connectivity index (χ4v) is 2.95. The number of aryl methyl sites for hydroxylation is 2. The van der Waals surface area contributed by atoms with E-state index in [1.807, 2.05) is 19.9 Å². The molecule has 0 aliphatic heterocycles. The zero-order chi connectivity index (χ0) is 14.0. The van der Waals surface area contributed by atoms with Crippen LogP contribution in [0.2, 0.25) is 5.02 Å². The van der Waals surface area contributed by atoms with Gasteiger partial charge in [0.2, 0.25) is 0 Å². The topological polar surface area (TPSA) is 29.1 Å². The Morgan fingerprint density at radius 3 is 2.84 bits per heavy atom. The summed E-state index contributed by atoms with van der Waals surface area (Å²) in [5.41, 5.74) is 1.19. The lowest BCUT2D eigenvalue weighted by Crippen LogP contribution is -2.11. The van der Waals surface area contributed by atoms with Crippen molar-refractivity contribution >= 4 is 34.5 Å². The second-order valence-corrected chi connectivity index (χ2v) is 5.67. The maximum atomic E-state index is 13.7. The van der Waals surface area contributed by atoms with E-state index in [2.05, 4.69) is 5.32 Å². The van der Waals surface area contributed by atoms with Crippen LogP contribution in [0.1, 0.15) is 27.0 Å².